The molecule has 2 atom stereocenters. The van der Waals surface area contributed by atoms with Crippen LogP contribution in [-0.2, 0) is 0 Å². The predicted molar refractivity (Wildman–Crippen MR) is 83.4 cm³/mol. The van der Waals surface area contributed by atoms with Crippen LogP contribution in [0.25, 0.3) is 0 Å². The maximum Gasteiger partial charge on any atom is 0.0294 e. The van der Waals surface area contributed by atoms with E-state index in [9.17, 15) is 0 Å². The van der Waals surface area contributed by atoms with Crippen molar-refractivity contribution in [2.45, 2.75) is 71.9 Å². The van der Waals surface area contributed by atoms with E-state index in [1.165, 1.54) is 43.2 Å². The predicted octanol–water partition coefficient (Wildman–Crippen LogP) is 5.00. The number of hydrogen-bond donors (Lipinski definition) is 1. The molecule has 1 aromatic carbocycles. The summed E-state index contributed by atoms with van der Waals surface area (Å²) in [5.41, 5.74) is 3.32. The van der Waals surface area contributed by atoms with Gasteiger partial charge >= 0.3 is 0 Å². The van der Waals surface area contributed by atoms with Gasteiger partial charge < -0.3 is 5.32 Å². The van der Waals surface area contributed by atoms with E-state index in [2.05, 4.69) is 57.3 Å². The zero-order valence-electron chi connectivity index (χ0n) is 13.0. The highest BCUT2D eigenvalue weighted by molar-refractivity contribution is 5.24. The van der Waals surface area contributed by atoms with Gasteiger partial charge in [-0.15, -0.1) is 0 Å². The summed E-state index contributed by atoms with van der Waals surface area (Å²) in [6.45, 7) is 9.30. The first-order chi connectivity index (χ1) is 8.96. The third-order valence-electron chi connectivity index (χ3n) is 4.60. The van der Waals surface area contributed by atoms with Crippen molar-refractivity contribution >= 4 is 0 Å². The van der Waals surface area contributed by atoms with Crippen LogP contribution in [0, 0.1) is 12.3 Å². The summed E-state index contributed by atoms with van der Waals surface area (Å²) in [7, 11) is 0. The smallest absolute Gasteiger partial charge is 0.0294 e. The Labute approximate surface area is 118 Å². The lowest BCUT2D eigenvalue weighted by Gasteiger charge is -2.24. The molecule has 1 saturated carbocycles. The maximum absolute atomic E-state index is 3.84. The molecule has 1 aliphatic carbocycles. The molecule has 0 bridgehead atoms. The number of rotatable bonds is 3. The fraction of sp³-hybridized carbons (Fsp3) is 0.667. The monoisotopic (exact) mass is 259 g/mol. The molecule has 1 aromatic rings. The summed E-state index contributed by atoms with van der Waals surface area (Å²) < 4.78 is 0. The lowest BCUT2D eigenvalue weighted by atomic mass is 9.85. The van der Waals surface area contributed by atoms with Crippen LogP contribution in [0.2, 0.25) is 0 Å². The molecule has 106 valence electrons. The van der Waals surface area contributed by atoms with Gasteiger partial charge in [-0.05, 0) is 50.5 Å². The van der Waals surface area contributed by atoms with E-state index in [1.807, 2.05) is 0 Å². The Balaban J connectivity index is 1.93. The van der Waals surface area contributed by atoms with Gasteiger partial charge in [-0.3, -0.25) is 0 Å². The van der Waals surface area contributed by atoms with Crippen molar-refractivity contribution < 1.29 is 0 Å². The molecule has 0 amide bonds. The Morgan fingerprint density at radius 2 is 2.00 bits per heavy atom. The summed E-state index contributed by atoms with van der Waals surface area (Å²) in [5.74, 6) is 0. The molecule has 0 saturated heterocycles. The van der Waals surface area contributed by atoms with Gasteiger partial charge in [0.1, 0.15) is 0 Å². The quantitative estimate of drug-likeness (QED) is 0.753. The van der Waals surface area contributed by atoms with Crippen molar-refractivity contribution in [2.24, 2.45) is 5.41 Å². The molecule has 1 N–H and O–H groups in total. The van der Waals surface area contributed by atoms with Crippen LogP contribution in [-0.4, -0.2) is 6.04 Å². The van der Waals surface area contributed by atoms with Crippen LogP contribution < -0.4 is 5.32 Å². The van der Waals surface area contributed by atoms with Gasteiger partial charge in [-0.25, -0.2) is 0 Å². The van der Waals surface area contributed by atoms with Crippen LogP contribution in [0.15, 0.2) is 24.3 Å². The minimum absolute atomic E-state index is 0.464. The standard InChI is InChI=1S/C18H29N/c1-14-7-5-8-16(13-14)15(2)19-17-9-6-11-18(3,4)12-10-17/h5,7-8,13,15,17,19H,6,9-12H2,1-4H3/t15-,17?/m1/s1. The number of aryl methyl sites for hydroxylation is 1. The van der Waals surface area contributed by atoms with Gasteiger partial charge in [0, 0.05) is 12.1 Å². The lowest BCUT2D eigenvalue weighted by Crippen LogP contribution is -2.31. The van der Waals surface area contributed by atoms with Crippen molar-refractivity contribution in [1.82, 2.24) is 5.32 Å². The molecule has 0 spiro atoms. The molecule has 0 heterocycles. The van der Waals surface area contributed by atoms with E-state index in [0.717, 1.165) is 0 Å². The van der Waals surface area contributed by atoms with E-state index in [0.29, 0.717) is 17.5 Å². The molecule has 0 aromatic heterocycles. The van der Waals surface area contributed by atoms with Crippen molar-refractivity contribution in [3.05, 3.63) is 35.4 Å². The second-order valence-electron chi connectivity index (χ2n) is 7.09. The zero-order chi connectivity index (χ0) is 13.9. The van der Waals surface area contributed by atoms with Gasteiger partial charge in [0.25, 0.3) is 0 Å². The van der Waals surface area contributed by atoms with Crippen molar-refractivity contribution in [1.29, 1.82) is 0 Å². The Morgan fingerprint density at radius 3 is 2.74 bits per heavy atom. The third kappa shape index (κ3) is 4.35. The molecule has 1 aliphatic rings. The molecule has 0 radical (unpaired) electrons. The van der Waals surface area contributed by atoms with E-state index < -0.39 is 0 Å². The van der Waals surface area contributed by atoms with E-state index in [4.69, 9.17) is 0 Å². The van der Waals surface area contributed by atoms with Crippen LogP contribution in [0.1, 0.15) is 70.0 Å². The molecular weight excluding hydrogens is 230 g/mol. The molecule has 1 unspecified atom stereocenters. The second-order valence-corrected chi connectivity index (χ2v) is 7.09. The molecule has 0 aliphatic heterocycles. The van der Waals surface area contributed by atoms with Crippen molar-refractivity contribution in [2.75, 3.05) is 0 Å². The zero-order valence-corrected chi connectivity index (χ0v) is 13.0. The van der Waals surface area contributed by atoms with Crippen LogP contribution in [0.3, 0.4) is 0 Å². The minimum atomic E-state index is 0.464. The number of hydrogen-bond acceptors (Lipinski definition) is 1. The van der Waals surface area contributed by atoms with E-state index >= 15 is 0 Å². The van der Waals surface area contributed by atoms with E-state index in [-0.39, 0.29) is 0 Å². The van der Waals surface area contributed by atoms with Gasteiger partial charge in [-0.2, -0.15) is 0 Å². The molecule has 1 heteroatoms. The first-order valence-corrected chi connectivity index (χ1v) is 7.79. The summed E-state index contributed by atoms with van der Waals surface area (Å²) in [4.78, 5) is 0. The minimum Gasteiger partial charge on any atom is -0.307 e. The summed E-state index contributed by atoms with van der Waals surface area (Å²) >= 11 is 0. The summed E-state index contributed by atoms with van der Waals surface area (Å²) in [6, 6.07) is 10.0. The fourth-order valence-electron chi connectivity index (χ4n) is 3.22. The fourth-order valence-corrected chi connectivity index (χ4v) is 3.22. The second kappa shape index (κ2) is 6.09. The molecule has 1 nitrogen and oxygen atoms in total. The Kier molecular flexibility index (Phi) is 4.67. The third-order valence-corrected chi connectivity index (χ3v) is 4.60. The average molecular weight is 259 g/mol. The number of benzene rings is 1. The molecular formula is C18H29N. The Morgan fingerprint density at radius 1 is 1.21 bits per heavy atom. The average Bonchev–Trinajstić information content (AvgIpc) is 2.51. The van der Waals surface area contributed by atoms with Gasteiger partial charge in [0.2, 0.25) is 0 Å². The highest BCUT2D eigenvalue weighted by Gasteiger charge is 2.25. The molecule has 2 rings (SSSR count). The van der Waals surface area contributed by atoms with Crippen LogP contribution in [0.4, 0.5) is 0 Å². The summed E-state index contributed by atoms with van der Waals surface area (Å²) in [5, 5.41) is 3.84. The van der Waals surface area contributed by atoms with Gasteiger partial charge in [0.15, 0.2) is 0 Å². The highest BCUT2D eigenvalue weighted by Crippen LogP contribution is 2.34. The Bertz CT molecular complexity index is 408. The lowest BCUT2D eigenvalue weighted by molar-refractivity contribution is 0.307. The topological polar surface area (TPSA) is 12.0 Å². The Hall–Kier alpha value is -0.820. The van der Waals surface area contributed by atoms with Crippen LogP contribution >= 0.6 is 0 Å². The SMILES string of the molecule is Cc1cccc([C@@H](C)NC2CCCC(C)(C)CC2)c1. The van der Waals surface area contributed by atoms with Crippen LogP contribution in [0.5, 0.6) is 0 Å². The van der Waals surface area contributed by atoms with Gasteiger partial charge in [-0.1, -0.05) is 50.1 Å². The maximum atomic E-state index is 3.84. The van der Waals surface area contributed by atoms with E-state index in [1.54, 1.807) is 0 Å². The first kappa shape index (κ1) is 14.6. The highest BCUT2D eigenvalue weighted by atomic mass is 14.9. The van der Waals surface area contributed by atoms with Gasteiger partial charge in [0.05, 0.1) is 0 Å². The first-order valence-electron chi connectivity index (χ1n) is 7.79. The summed E-state index contributed by atoms with van der Waals surface area (Å²) in [6.07, 6.45) is 6.75. The number of nitrogens with one attached hydrogen (secondary N) is 1. The molecule has 19 heavy (non-hydrogen) atoms. The normalized spacial score (nSPS) is 24.7. The van der Waals surface area contributed by atoms with Crippen molar-refractivity contribution in [3.63, 3.8) is 0 Å². The largest absolute Gasteiger partial charge is 0.307 e. The molecule has 1 fully saturated rings. The van der Waals surface area contributed by atoms with Crippen molar-refractivity contribution in [3.8, 4) is 0 Å².